The van der Waals surface area contributed by atoms with Crippen LogP contribution in [0.3, 0.4) is 0 Å². The van der Waals surface area contributed by atoms with Crippen LogP contribution in [0.15, 0.2) is 84.5 Å². The fourth-order valence-electron chi connectivity index (χ4n) is 4.53. The predicted molar refractivity (Wildman–Crippen MR) is 133 cm³/mol. The predicted octanol–water partition coefficient (Wildman–Crippen LogP) is 8.79. The second-order valence-corrected chi connectivity index (χ2v) is 8.86. The Bertz CT molecular complexity index is 1160. The lowest BCUT2D eigenvalue weighted by molar-refractivity contribution is 0.528. The summed E-state index contributed by atoms with van der Waals surface area (Å²) in [5.74, 6) is 0. The van der Waals surface area contributed by atoms with Gasteiger partial charge in [0.15, 0.2) is 0 Å². The summed E-state index contributed by atoms with van der Waals surface area (Å²) in [6.07, 6.45) is 11.3. The first-order valence-electron chi connectivity index (χ1n) is 11.2. The summed E-state index contributed by atoms with van der Waals surface area (Å²) in [5, 5.41) is 2.66. The Hall–Kier alpha value is -2.86. The molecule has 0 spiro atoms. The van der Waals surface area contributed by atoms with Crippen LogP contribution >= 0.6 is 0 Å². The summed E-state index contributed by atoms with van der Waals surface area (Å²) < 4.78 is 0. The van der Waals surface area contributed by atoms with Crippen molar-refractivity contribution >= 4 is 16.3 Å². The third-order valence-corrected chi connectivity index (χ3v) is 6.31. The van der Waals surface area contributed by atoms with Crippen LogP contribution in [0.2, 0.25) is 0 Å². The zero-order valence-corrected chi connectivity index (χ0v) is 18.9. The average molecular weight is 393 g/mol. The van der Waals surface area contributed by atoms with Gasteiger partial charge in [0, 0.05) is 0 Å². The highest BCUT2D eigenvalue weighted by atomic mass is 14.3. The molecule has 0 unspecified atom stereocenters. The van der Waals surface area contributed by atoms with Crippen LogP contribution in [-0.4, -0.2) is 0 Å². The lowest BCUT2D eigenvalue weighted by Crippen LogP contribution is -2.22. The number of hydrogen-bond donors (Lipinski definition) is 0. The zero-order chi connectivity index (χ0) is 21.3. The first-order chi connectivity index (χ1) is 14.5. The molecule has 0 aromatic heterocycles. The van der Waals surface area contributed by atoms with Crippen LogP contribution in [-0.2, 0) is 5.41 Å². The monoisotopic (exact) mass is 392 g/mol. The van der Waals surface area contributed by atoms with E-state index in [-0.39, 0.29) is 5.41 Å². The van der Waals surface area contributed by atoms with Gasteiger partial charge in [-0.1, -0.05) is 94.0 Å². The van der Waals surface area contributed by atoms with Crippen molar-refractivity contribution in [2.45, 2.75) is 52.9 Å². The van der Waals surface area contributed by atoms with Crippen LogP contribution in [0.25, 0.3) is 27.5 Å². The van der Waals surface area contributed by atoms with Crippen LogP contribution in [0.1, 0.15) is 57.2 Å². The van der Waals surface area contributed by atoms with Gasteiger partial charge in [0.1, 0.15) is 0 Å². The van der Waals surface area contributed by atoms with E-state index in [2.05, 4.69) is 99.7 Å². The van der Waals surface area contributed by atoms with Gasteiger partial charge in [-0.3, -0.25) is 0 Å². The second-order valence-electron chi connectivity index (χ2n) is 8.86. The van der Waals surface area contributed by atoms with Gasteiger partial charge >= 0.3 is 0 Å². The minimum absolute atomic E-state index is 0.176. The molecule has 0 saturated heterocycles. The normalized spacial score (nSPS) is 16.4. The fourth-order valence-corrected chi connectivity index (χ4v) is 4.53. The molecule has 0 atom stereocenters. The summed E-state index contributed by atoms with van der Waals surface area (Å²) in [7, 11) is 0. The van der Waals surface area contributed by atoms with Gasteiger partial charge < -0.3 is 0 Å². The molecule has 152 valence electrons. The molecule has 0 nitrogen and oxygen atoms in total. The molecule has 3 aromatic rings. The average Bonchev–Trinajstić information content (AvgIpc) is 3.29. The number of benzene rings is 3. The summed E-state index contributed by atoms with van der Waals surface area (Å²) in [5.41, 5.74) is 9.82. The second kappa shape index (κ2) is 8.11. The quantitative estimate of drug-likeness (QED) is 0.409. The molecule has 0 radical (unpaired) electrons. The van der Waals surface area contributed by atoms with Crippen molar-refractivity contribution in [3.05, 3.63) is 101 Å². The van der Waals surface area contributed by atoms with E-state index in [1.807, 2.05) is 13.8 Å². The number of aryl methyl sites for hydroxylation is 1. The van der Waals surface area contributed by atoms with Crippen molar-refractivity contribution in [1.82, 2.24) is 0 Å². The first-order valence-corrected chi connectivity index (χ1v) is 11.2. The summed E-state index contributed by atoms with van der Waals surface area (Å²) in [6, 6.07) is 20.6. The molecule has 2 aliphatic rings. The van der Waals surface area contributed by atoms with Gasteiger partial charge in [0.25, 0.3) is 0 Å². The van der Waals surface area contributed by atoms with E-state index in [9.17, 15) is 0 Å². The van der Waals surface area contributed by atoms with E-state index in [0.29, 0.717) is 0 Å². The minimum atomic E-state index is 0.176. The SMILES string of the molecule is CC.Cc1ccc(-c2ccc3cc4c(cc3c2)C(C2=CC=CC2)=CCC4(C)C)cc1. The first kappa shape index (κ1) is 20.4. The van der Waals surface area contributed by atoms with Crippen molar-refractivity contribution < 1.29 is 0 Å². The fraction of sp³-hybridized carbons (Fsp3) is 0.267. The maximum atomic E-state index is 2.46. The molecular formula is C30H32. The number of hydrogen-bond acceptors (Lipinski definition) is 0. The van der Waals surface area contributed by atoms with Crippen LogP contribution < -0.4 is 0 Å². The van der Waals surface area contributed by atoms with Crippen molar-refractivity contribution in [2.24, 2.45) is 0 Å². The molecule has 0 N–H and O–H groups in total. The van der Waals surface area contributed by atoms with Gasteiger partial charge in [-0.15, -0.1) is 0 Å². The Morgan fingerprint density at radius 3 is 2.23 bits per heavy atom. The number of rotatable bonds is 2. The Morgan fingerprint density at radius 2 is 1.53 bits per heavy atom. The molecule has 0 fully saturated rings. The maximum Gasteiger partial charge on any atom is -0.00624 e. The molecule has 30 heavy (non-hydrogen) atoms. The Kier molecular flexibility index (Phi) is 5.52. The van der Waals surface area contributed by atoms with Gasteiger partial charge in [0.05, 0.1) is 0 Å². The standard InChI is InChI=1S/C28H26.C2H6/c1-19-8-10-20(11-9-19)22-12-13-23-18-27-26(17-24(23)16-22)25(14-15-28(27,2)3)21-6-4-5-7-21;1-2/h4-6,8-14,16-18H,7,15H2,1-3H3;1-2H3. The Balaban J connectivity index is 0.00000106. The molecule has 0 amide bonds. The van der Waals surface area contributed by atoms with Crippen LogP contribution in [0.5, 0.6) is 0 Å². The van der Waals surface area contributed by atoms with E-state index in [0.717, 1.165) is 12.8 Å². The van der Waals surface area contributed by atoms with Crippen molar-refractivity contribution in [3.8, 4) is 11.1 Å². The molecule has 0 heteroatoms. The van der Waals surface area contributed by atoms with Crippen molar-refractivity contribution in [2.75, 3.05) is 0 Å². The molecule has 2 aliphatic carbocycles. The smallest absolute Gasteiger partial charge is 0.00624 e. The van der Waals surface area contributed by atoms with Crippen LogP contribution in [0, 0.1) is 6.92 Å². The van der Waals surface area contributed by atoms with E-state index < -0.39 is 0 Å². The van der Waals surface area contributed by atoms with E-state index in [1.54, 1.807) is 0 Å². The molecule has 3 aromatic carbocycles. The number of fused-ring (bicyclic) bond motifs is 2. The van der Waals surface area contributed by atoms with Gasteiger partial charge in [-0.25, -0.2) is 0 Å². The minimum Gasteiger partial charge on any atom is -0.0801 e. The molecule has 0 saturated carbocycles. The molecule has 0 aliphatic heterocycles. The third-order valence-electron chi connectivity index (χ3n) is 6.31. The summed E-state index contributed by atoms with van der Waals surface area (Å²) >= 11 is 0. The molecule has 0 heterocycles. The van der Waals surface area contributed by atoms with Crippen molar-refractivity contribution in [1.29, 1.82) is 0 Å². The maximum absolute atomic E-state index is 2.46. The largest absolute Gasteiger partial charge is 0.0801 e. The highest BCUT2D eigenvalue weighted by molar-refractivity contribution is 5.94. The van der Waals surface area contributed by atoms with Crippen molar-refractivity contribution in [3.63, 3.8) is 0 Å². The lowest BCUT2D eigenvalue weighted by atomic mass is 9.71. The number of allylic oxidation sites excluding steroid dienone is 6. The highest BCUT2D eigenvalue weighted by Gasteiger charge is 2.29. The van der Waals surface area contributed by atoms with E-state index in [1.165, 1.54) is 49.7 Å². The Morgan fingerprint density at radius 1 is 0.800 bits per heavy atom. The van der Waals surface area contributed by atoms with Gasteiger partial charge in [-0.05, 0) is 87.6 Å². The summed E-state index contributed by atoms with van der Waals surface area (Å²) in [6.45, 7) is 10.9. The van der Waals surface area contributed by atoms with Gasteiger partial charge in [0.2, 0.25) is 0 Å². The van der Waals surface area contributed by atoms with E-state index >= 15 is 0 Å². The molecule has 0 bridgehead atoms. The lowest BCUT2D eigenvalue weighted by Gasteiger charge is -2.33. The zero-order valence-electron chi connectivity index (χ0n) is 18.9. The third kappa shape index (κ3) is 3.67. The molecule has 5 rings (SSSR count). The Labute approximate surface area is 181 Å². The topological polar surface area (TPSA) is 0 Å². The highest BCUT2D eigenvalue weighted by Crippen LogP contribution is 2.44. The van der Waals surface area contributed by atoms with Gasteiger partial charge in [-0.2, -0.15) is 0 Å². The summed E-state index contributed by atoms with van der Waals surface area (Å²) in [4.78, 5) is 0. The van der Waals surface area contributed by atoms with Crippen LogP contribution in [0.4, 0.5) is 0 Å². The van der Waals surface area contributed by atoms with E-state index in [4.69, 9.17) is 0 Å². The molecular weight excluding hydrogens is 360 g/mol.